The molecular formula is C24H30O. The summed E-state index contributed by atoms with van der Waals surface area (Å²) in [5, 5.41) is 0. The second-order valence-electron chi connectivity index (χ2n) is 6.91. The van der Waals surface area contributed by atoms with Gasteiger partial charge in [-0.2, -0.15) is 0 Å². The summed E-state index contributed by atoms with van der Waals surface area (Å²) in [6.45, 7) is 20.7. The molecule has 0 aliphatic heterocycles. The predicted octanol–water partition coefficient (Wildman–Crippen LogP) is 6.79. The highest BCUT2D eigenvalue weighted by molar-refractivity contribution is 5.53. The first-order valence-corrected chi connectivity index (χ1v) is 8.90. The van der Waals surface area contributed by atoms with Crippen LogP contribution in [0.4, 0.5) is 0 Å². The van der Waals surface area contributed by atoms with Crippen LogP contribution in [0.2, 0.25) is 0 Å². The van der Waals surface area contributed by atoms with Crippen molar-refractivity contribution >= 4 is 0 Å². The molecule has 2 rings (SSSR count). The summed E-state index contributed by atoms with van der Waals surface area (Å²) in [5.41, 5.74) is 10.2. The Morgan fingerprint density at radius 1 is 0.640 bits per heavy atom. The van der Waals surface area contributed by atoms with E-state index in [0.717, 1.165) is 24.3 Å². The van der Waals surface area contributed by atoms with Gasteiger partial charge in [0.05, 0.1) is 0 Å². The lowest BCUT2D eigenvalue weighted by Crippen LogP contribution is -2.01. The Morgan fingerprint density at radius 3 is 1.32 bits per heavy atom. The molecule has 1 nitrogen and oxygen atoms in total. The minimum Gasteiger partial charge on any atom is -0.457 e. The van der Waals surface area contributed by atoms with Gasteiger partial charge in [0.2, 0.25) is 0 Å². The Morgan fingerprint density at radius 2 is 1.00 bits per heavy atom. The molecule has 0 fully saturated rings. The molecule has 0 spiro atoms. The fourth-order valence-electron chi connectivity index (χ4n) is 3.23. The Labute approximate surface area is 153 Å². The van der Waals surface area contributed by atoms with Gasteiger partial charge in [-0.15, -0.1) is 13.2 Å². The van der Waals surface area contributed by atoms with Crippen molar-refractivity contribution in [1.29, 1.82) is 0 Å². The topological polar surface area (TPSA) is 9.23 Å². The van der Waals surface area contributed by atoms with E-state index in [1.54, 1.807) is 0 Å². The summed E-state index contributed by atoms with van der Waals surface area (Å²) in [7, 11) is 0. The van der Waals surface area contributed by atoms with Gasteiger partial charge in [0, 0.05) is 0 Å². The van der Waals surface area contributed by atoms with Crippen molar-refractivity contribution in [2.75, 3.05) is 0 Å². The molecule has 0 amide bonds. The van der Waals surface area contributed by atoms with Gasteiger partial charge in [0.25, 0.3) is 0 Å². The number of allylic oxidation sites excluding steroid dienone is 2. The van der Waals surface area contributed by atoms with Crippen LogP contribution in [-0.4, -0.2) is 0 Å². The van der Waals surface area contributed by atoms with E-state index < -0.39 is 0 Å². The molecule has 0 atom stereocenters. The Bertz CT molecular complexity index is 755. The first-order valence-electron chi connectivity index (χ1n) is 8.90. The molecule has 0 saturated carbocycles. The third-order valence-corrected chi connectivity index (χ3v) is 5.51. The van der Waals surface area contributed by atoms with E-state index in [-0.39, 0.29) is 0 Å². The molecule has 0 aliphatic carbocycles. The summed E-state index contributed by atoms with van der Waals surface area (Å²) in [4.78, 5) is 0. The van der Waals surface area contributed by atoms with Crippen molar-refractivity contribution in [3.05, 3.63) is 82.0 Å². The number of ether oxygens (including phenoxy) is 1. The Kier molecular flexibility index (Phi) is 5.89. The van der Waals surface area contributed by atoms with Crippen molar-refractivity contribution < 1.29 is 4.74 Å². The molecule has 0 aliphatic rings. The highest BCUT2D eigenvalue weighted by atomic mass is 16.5. The van der Waals surface area contributed by atoms with Crippen molar-refractivity contribution in [2.24, 2.45) is 0 Å². The van der Waals surface area contributed by atoms with Crippen molar-refractivity contribution in [3.8, 4) is 11.5 Å². The molecule has 2 aromatic carbocycles. The first kappa shape index (κ1) is 19.1. The maximum absolute atomic E-state index is 6.42. The van der Waals surface area contributed by atoms with Crippen molar-refractivity contribution in [3.63, 3.8) is 0 Å². The van der Waals surface area contributed by atoms with Crippen LogP contribution in [0, 0.1) is 41.5 Å². The predicted molar refractivity (Wildman–Crippen MR) is 109 cm³/mol. The smallest absolute Gasteiger partial charge is 0.130 e. The lowest BCUT2D eigenvalue weighted by Gasteiger charge is -2.20. The summed E-state index contributed by atoms with van der Waals surface area (Å²) in [5.74, 6) is 1.88. The van der Waals surface area contributed by atoms with Crippen LogP contribution < -0.4 is 4.74 Å². The number of benzene rings is 2. The monoisotopic (exact) mass is 334 g/mol. The summed E-state index contributed by atoms with van der Waals surface area (Å²) >= 11 is 0. The summed E-state index contributed by atoms with van der Waals surface area (Å²) in [6.07, 6.45) is 5.61. The average molecular weight is 335 g/mol. The minimum absolute atomic E-state index is 0.858. The third kappa shape index (κ3) is 3.71. The Balaban J connectivity index is 2.56. The van der Waals surface area contributed by atoms with E-state index in [2.05, 4.69) is 66.8 Å². The molecule has 1 heteroatoms. The van der Waals surface area contributed by atoms with Crippen molar-refractivity contribution in [2.45, 2.75) is 54.4 Å². The quantitative estimate of drug-likeness (QED) is 0.529. The largest absolute Gasteiger partial charge is 0.457 e. The van der Waals surface area contributed by atoms with E-state index in [1.807, 2.05) is 12.2 Å². The molecule has 0 bridgehead atoms. The molecule has 0 unspecified atom stereocenters. The SMILES string of the molecule is C=CCc1cc(Oc2cc(CC=C)c(C)c(C)c2C)c(C)c(C)c1C. The fraction of sp³-hybridized carbons (Fsp3) is 0.333. The summed E-state index contributed by atoms with van der Waals surface area (Å²) in [6, 6.07) is 4.34. The van der Waals surface area contributed by atoms with Crippen LogP contribution in [0.25, 0.3) is 0 Å². The van der Waals surface area contributed by atoms with Crippen LogP contribution in [0.1, 0.15) is 44.5 Å². The van der Waals surface area contributed by atoms with E-state index >= 15 is 0 Å². The molecule has 0 aromatic heterocycles. The number of hydrogen-bond acceptors (Lipinski definition) is 1. The molecule has 0 heterocycles. The standard InChI is InChI=1S/C24H30O/c1-9-11-21-13-23(19(7)15(3)17(21)5)25-24-14-22(12-10-2)18(6)16(4)20(24)8/h9-10,13-14H,1-2,11-12H2,3-8H3. The second-order valence-corrected chi connectivity index (χ2v) is 6.91. The van der Waals surface area contributed by atoms with Gasteiger partial charge < -0.3 is 4.74 Å². The number of rotatable bonds is 6. The maximum Gasteiger partial charge on any atom is 0.130 e. The van der Waals surface area contributed by atoms with E-state index in [1.165, 1.54) is 44.5 Å². The zero-order chi connectivity index (χ0) is 18.7. The molecule has 0 N–H and O–H groups in total. The van der Waals surface area contributed by atoms with Gasteiger partial charge in [0.1, 0.15) is 11.5 Å². The van der Waals surface area contributed by atoms with Gasteiger partial charge in [-0.3, -0.25) is 0 Å². The lowest BCUT2D eigenvalue weighted by atomic mass is 9.95. The van der Waals surface area contributed by atoms with Gasteiger partial charge in [-0.05, 0) is 111 Å². The second kappa shape index (κ2) is 7.74. The van der Waals surface area contributed by atoms with E-state index in [9.17, 15) is 0 Å². The maximum atomic E-state index is 6.42. The zero-order valence-corrected chi connectivity index (χ0v) is 16.5. The van der Waals surface area contributed by atoms with Crippen LogP contribution in [-0.2, 0) is 12.8 Å². The van der Waals surface area contributed by atoms with Crippen LogP contribution >= 0.6 is 0 Å². The van der Waals surface area contributed by atoms with Crippen LogP contribution in [0.3, 0.4) is 0 Å². The molecule has 0 saturated heterocycles. The Hall–Kier alpha value is -2.28. The van der Waals surface area contributed by atoms with E-state index in [4.69, 9.17) is 4.74 Å². The molecule has 132 valence electrons. The zero-order valence-electron chi connectivity index (χ0n) is 16.5. The van der Waals surface area contributed by atoms with Gasteiger partial charge >= 0.3 is 0 Å². The molecule has 25 heavy (non-hydrogen) atoms. The average Bonchev–Trinajstić information content (AvgIpc) is 2.59. The third-order valence-electron chi connectivity index (χ3n) is 5.51. The normalized spacial score (nSPS) is 10.6. The van der Waals surface area contributed by atoms with Gasteiger partial charge in [0.15, 0.2) is 0 Å². The van der Waals surface area contributed by atoms with Gasteiger partial charge in [-0.25, -0.2) is 0 Å². The van der Waals surface area contributed by atoms with E-state index in [0.29, 0.717) is 0 Å². The molecular weight excluding hydrogens is 304 g/mol. The summed E-state index contributed by atoms with van der Waals surface area (Å²) < 4.78 is 6.42. The number of hydrogen-bond donors (Lipinski definition) is 0. The molecule has 0 radical (unpaired) electrons. The van der Waals surface area contributed by atoms with Crippen LogP contribution in [0.5, 0.6) is 11.5 Å². The fourth-order valence-corrected chi connectivity index (χ4v) is 3.23. The van der Waals surface area contributed by atoms with Crippen molar-refractivity contribution in [1.82, 2.24) is 0 Å². The highest BCUT2D eigenvalue weighted by Crippen LogP contribution is 2.35. The van der Waals surface area contributed by atoms with Gasteiger partial charge in [-0.1, -0.05) is 12.2 Å². The first-order chi connectivity index (χ1) is 11.8. The lowest BCUT2D eigenvalue weighted by molar-refractivity contribution is 0.472. The van der Waals surface area contributed by atoms with Crippen LogP contribution in [0.15, 0.2) is 37.4 Å². The molecule has 2 aromatic rings. The minimum atomic E-state index is 0.858. The highest BCUT2D eigenvalue weighted by Gasteiger charge is 2.14.